The van der Waals surface area contributed by atoms with Crippen molar-refractivity contribution in [2.45, 2.75) is 67.2 Å². The highest BCUT2D eigenvalue weighted by atomic mass is 16.5. The van der Waals surface area contributed by atoms with Crippen molar-refractivity contribution in [3.05, 3.63) is 93.0 Å². The van der Waals surface area contributed by atoms with Crippen LogP contribution in [0.2, 0.25) is 0 Å². The second-order valence-electron chi connectivity index (χ2n) is 10.2. The lowest BCUT2D eigenvalue weighted by atomic mass is 10.00. The van der Waals surface area contributed by atoms with Crippen LogP contribution < -0.4 is 9.47 Å². The van der Waals surface area contributed by atoms with Gasteiger partial charge in [0.2, 0.25) is 0 Å². The van der Waals surface area contributed by atoms with Crippen molar-refractivity contribution >= 4 is 24.3 Å². The van der Waals surface area contributed by atoms with Crippen LogP contribution in [0.1, 0.15) is 84.0 Å². The van der Waals surface area contributed by atoms with Crippen LogP contribution in [0.15, 0.2) is 48.5 Å². The zero-order valence-electron chi connectivity index (χ0n) is 23.9. The molecule has 3 aromatic rings. The molecule has 0 saturated heterocycles. The minimum Gasteiger partial charge on any atom is -0.496 e. The first-order valence-corrected chi connectivity index (χ1v) is 13.7. The fourth-order valence-corrected chi connectivity index (χ4v) is 4.50. The predicted molar refractivity (Wildman–Crippen MR) is 161 cm³/mol. The minimum absolute atomic E-state index is 0.562. The number of methoxy groups -OCH3 is 1. The van der Waals surface area contributed by atoms with Gasteiger partial charge < -0.3 is 9.47 Å². The van der Waals surface area contributed by atoms with Crippen LogP contribution in [0.4, 0.5) is 0 Å². The molecular weight excluding hydrogens is 452 g/mol. The van der Waals surface area contributed by atoms with Crippen molar-refractivity contribution in [1.29, 1.82) is 0 Å². The molecule has 1 atom stereocenters. The van der Waals surface area contributed by atoms with E-state index in [0.29, 0.717) is 5.92 Å². The summed E-state index contributed by atoms with van der Waals surface area (Å²) in [6.07, 6.45) is 13.4. The van der Waals surface area contributed by atoms with Crippen LogP contribution in [0.25, 0.3) is 24.3 Å². The molecule has 0 aliphatic heterocycles. The lowest BCUT2D eigenvalue weighted by molar-refractivity contribution is 0.232. The molecule has 196 valence electrons. The van der Waals surface area contributed by atoms with Crippen molar-refractivity contribution in [3.63, 3.8) is 0 Å². The summed E-state index contributed by atoms with van der Waals surface area (Å²) in [4.78, 5) is 0. The molecule has 1 unspecified atom stereocenters. The molecule has 0 N–H and O–H groups in total. The van der Waals surface area contributed by atoms with E-state index in [9.17, 15) is 0 Å². The predicted octanol–water partition coefficient (Wildman–Crippen LogP) is 9.86. The van der Waals surface area contributed by atoms with Crippen LogP contribution in [-0.4, -0.2) is 13.7 Å². The molecule has 0 spiro atoms. The van der Waals surface area contributed by atoms with E-state index in [1.54, 1.807) is 7.11 Å². The smallest absolute Gasteiger partial charge is 0.127 e. The van der Waals surface area contributed by atoms with Gasteiger partial charge in [0.05, 0.1) is 13.7 Å². The molecule has 37 heavy (non-hydrogen) atoms. The average Bonchev–Trinajstić information content (AvgIpc) is 2.90. The third-order valence-corrected chi connectivity index (χ3v) is 7.13. The molecule has 0 bridgehead atoms. The molecular formula is C35H44O2. The first-order valence-electron chi connectivity index (χ1n) is 13.7. The number of hydrogen-bond donors (Lipinski definition) is 0. The fraction of sp³-hybridized carbons (Fsp3) is 0.371. The van der Waals surface area contributed by atoms with Gasteiger partial charge in [-0.2, -0.15) is 0 Å². The van der Waals surface area contributed by atoms with Gasteiger partial charge in [-0.1, -0.05) is 105 Å². The molecule has 0 fully saturated rings. The van der Waals surface area contributed by atoms with Crippen molar-refractivity contribution < 1.29 is 9.47 Å². The maximum atomic E-state index is 6.52. The highest BCUT2D eigenvalue weighted by Gasteiger charge is 2.13. The Balaban J connectivity index is 2.00. The topological polar surface area (TPSA) is 18.5 Å². The normalized spacial score (nSPS) is 12.4. The highest BCUT2D eigenvalue weighted by molar-refractivity contribution is 5.80. The van der Waals surface area contributed by atoms with Crippen LogP contribution in [0.3, 0.4) is 0 Å². The molecule has 0 radical (unpaired) electrons. The third kappa shape index (κ3) is 8.12. The second kappa shape index (κ2) is 13.9. The number of rotatable bonds is 12. The largest absolute Gasteiger partial charge is 0.496 e. The molecule has 0 amide bonds. The number of aryl methyl sites for hydroxylation is 4. The Morgan fingerprint density at radius 3 is 1.70 bits per heavy atom. The van der Waals surface area contributed by atoms with Crippen molar-refractivity contribution in [1.82, 2.24) is 0 Å². The number of benzene rings is 3. The summed E-state index contributed by atoms with van der Waals surface area (Å²) in [6, 6.07) is 17.3. The molecule has 3 rings (SSSR count). The van der Waals surface area contributed by atoms with E-state index in [1.165, 1.54) is 52.6 Å². The van der Waals surface area contributed by atoms with Crippen LogP contribution >= 0.6 is 0 Å². The van der Waals surface area contributed by atoms with Crippen molar-refractivity contribution in [2.24, 2.45) is 5.92 Å². The zero-order valence-corrected chi connectivity index (χ0v) is 23.9. The Hall–Kier alpha value is -3.26. The first-order chi connectivity index (χ1) is 17.8. The molecule has 3 aromatic carbocycles. The molecule has 2 nitrogen and oxygen atoms in total. The minimum atomic E-state index is 0.562. The Labute approximate surface area is 225 Å². The summed E-state index contributed by atoms with van der Waals surface area (Å²) < 4.78 is 12.4. The van der Waals surface area contributed by atoms with Gasteiger partial charge in [0, 0.05) is 11.1 Å². The molecule has 0 aromatic heterocycles. The van der Waals surface area contributed by atoms with Gasteiger partial charge in [-0.3, -0.25) is 0 Å². The first kappa shape index (κ1) is 28.3. The molecule has 2 heteroatoms. The van der Waals surface area contributed by atoms with Crippen LogP contribution in [0.5, 0.6) is 11.5 Å². The van der Waals surface area contributed by atoms with E-state index >= 15 is 0 Å². The van der Waals surface area contributed by atoms with E-state index < -0.39 is 0 Å². The van der Waals surface area contributed by atoms with E-state index in [-0.39, 0.29) is 0 Å². The van der Waals surface area contributed by atoms with E-state index in [2.05, 4.69) is 114 Å². The lowest BCUT2D eigenvalue weighted by Gasteiger charge is -2.18. The summed E-state index contributed by atoms with van der Waals surface area (Å²) >= 11 is 0. The molecule has 0 aliphatic carbocycles. The van der Waals surface area contributed by atoms with Gasteiger partial charge >= 0.3 is 0 Å². The van der Waals surface area contributed by atoms with E-state index in [0.717, 1.165) is 35.7 Å². The van der Waals surface area contributed by atoms with Crippen LogP contribution in [-0.2, 0) is 0 Å². The quantitative estimate of drug-likeness (QED) is 0.232. The summed E-state index contributed by atoms with van der Waals surface area (Å²) in [6.45, 7) is 13.8. The summed E-state index contributed by atoms with van der Waals surface area (Å²) in [5, 5.41) is 0. The SMILES string of the molecule is CCCCC(CC)COc1cc(/C=C/c2cc(C)ccc2C)c(OC)cc1/C=C/c1cc(C)ccc1C. The number of unbranched alkanes of at least 4 members (excludes halogenated alkanes) is 1. The Bertz CT molecular complexity index is 1230. The van der Waals surface area contributed by atoms with Gasteiger partial charge in [0.1, 0.15) is 11.5 Å². The maximum absolute atomic E-state index is 6.52. The third-order valence-electron chi connectivity index (χ3n) is 7.13. The Kier molecular flexibility index (Phi) is 10.6. The summed E-state index contributed by atoms with van der Waals surface area (Å²) in [5.41, 5.74) is 9.52. The van der Waals surface area contributed by atoms with Gasteiger partial charge in [0.15, 0.2) is 0 Å². The Morgan fingerprint density at radius 2 is 1.19 bits per heavy atom. The fourth-order valence-electron chi connectivity index (χ4n) is 4.50. The van der Waals surface area contributed by atoms with Crippen molar-refractivity contribution in [3.8, 4) is 11.5 Å². The van der Waals surface area contributed by atoms with Gasteiger partial charge in [0.25, 0.3) is 0 Å². The number of ether oxygens (including phenoxy) is 2. The van der Waals surface area contributed by atoms with Gasteiger partial charge in [-0.25, -0.2) is 0 Å². The summed E-state index contributed by atoms with van der Waals surface area (Å²) in [7, 11) is 1.74. The van der Waals surface area contributed by atoms with Gasteiger partial charge in [-0.05, 0) is 74.4 Å². The molecule has 0 saturated carbocycles. The zero-order chi connectivity index (χ0) is 26.8. The van der Waals surface area contributed by atoms with E-state index in [1.807, 2.05) is 0 Å². The molecule has 0 heterocycles. The van der Waals surface area contributed by atoms with Gasteiger partial charge in [-0.15, -0.1) is 0 Å². The average molecular weight is 497 g/mol. The highest BCUT2D eigenvalue weighted by Crippen LogP contribution is 2.33. The summed E-state index contributed by atoms with van der Waals surface area (Å²) in [5.74, 6) is 2.30. The van der Waals surface area contributed by atoms with Crippen LogP contribution in [0, 0.1) is 33.6 Å². The van der Waals surface area contributed by atoms with E-state index in [4.69, 9.17) is 9.47 Å². The lowest BCUT2D eigenvalue weighted by Crippen LogP contribution is -2.12. The second-order valence-corrected chi connectivity index (χ2v) is 10.2. The standard InChI is InChI=1S/C35H44O2/c1-8-10-11-29(9-2)24-37-35-23-32(18-16-30-20-25(3)12-14-27(30)5)34(36-7)22-33(35)19-17-31-21-26(4)13-15-28(31)6/h12-23,29H,8-11,24H2,1-7H3/b18-16+,19-17+. The Morgan fingerprint density at radius 1 is 0.676 bits per heavy atom. The number of hydrogen-bond acceptors (Lipinski definition) is 2. The monoisotopic (exact) mass is 496 g/mol. The maximum Gasteiger partial charge on any atom is 0.127 e. The molecule has 0 aliphatic rings. The van der Waals surface area contributed by atoms with Crippen molar-refractivity contribution in [2.75, 3.05) is 13.7 Å².